The van der Waals surface area contributed by atoms with E-state index >= 15 is 0 Å². The quantitative estimate of drug-likeness (QED) is 0.735. The van der Waals surface area contributed by atoms with Crippen molar-refractivity contribution in [2.75, 3.05) is 13.1 Å². The molecule has 1 saturated heterocycles. The van der Waals surface area contributed by atoms with Crippen LogP contribution in [-0.2, 0) is 16.6 Å². The number of nitrogens with zero attached hydrogens (tertiary/aromatic N) is 2. The van der Waals surface area contributed by atoms with Crippen LogP contribution in [0.5, 0.6) is 0 Å². The molecule has 0 bridgehead atoms. The number of halogens is 1. The molecule has 0 unspecified atom stereocenters. The zero-order valence-corrected chi connectivity index (χ0v) is 16.4. The number of carbonyl (C=O) groups excluding carboxylic acids is 1. The summed E-state index contributed by atoms with van der Waals surface area (Å²) in [5.74, 6) is -1.06. The van der Waals surface area contributed by atoms with E-state index in [1.807, 2.05) is 17.5 Å². The summed E-state index contributed by atoms with van der Waals surface area (Å²) in [5, 5.41) is 1.96. The van der Waals surface area contributed by atoms with Crippen LogP contribution in [0.2, 0.25) is 0 Å². The highest BCUT2D eigenvalue weighted by atomic mass is 32.2. The highest BCUT2D eigenvalue weighted by Gasteiger charge is 2.35. The van der Waals surface area contributed by atoms with E-state index in [9.17, 15) is 17.6 Å². The maximum Gasteiger partial charge on any atom is 0.254 e. The van der Waals surface area contributed by atoms with Gasteiger partial charge in [-0.25, -0.2) is 12.8 Å². The molecule has 1 aromatic heterocycles. The maximum atomic E-state index is 14.3. The minimum absolute atomic E-state index is 0.170. The summed E-state index contributed by atoms with van der Waals surface area (Å²) in [6.07, 6.45) is 3.43. The van der Waals surface area contributed by atoms with Crippen molar-refractivity contribution in [3.63, 3.8) is 0 Å². The third-order valence-corrected chi connectivity index (χ3v) is 7.79. The first-order valence-electron chi connectivity index (χ1n) is 9.10. The lowest BCUT2D eigenvalue weighted by Crippen LogP contribution is -2.33. The van der Waals surface area contributed by atoms with E-state index in [0.29, 0.717) is 19.6 Å². The summed E-state index contributed by atoms with van der Waals surface area (Å²) in [4.78, 5) is 15.5. The van der Waals surface area contributed by atoms with E-state index in [1.54, 1.807) is 16.2 Å². The number of hydrogen-bond acceptors (Lipinski definition) is 4. The van der Waals surface area contributed by atoms with Crippen LogP contribution in [0.4, 0.5) is 4.39 Å². The van der Waals surface area contributed by atoms with Gasteiger partial charge in [0.05, 0.1) is 6.54 Å². The number of thiophene rings is 1. The number of hydrogen-bond donors (Lipinski definition) is 0. The van der Waals surface area contributed by atoms with Crippen molar-refractivity contribution in [3.8, 4) is 0 Å². The van der Waals surface area contributed by atoms with Crippen molar-refractivity contribution in [2.45, 2.75) is 43.2 Å². The zero-order valence-electron chi connectivity index (χ0n) is 14.8. The Labute approximate surface area is 162 Å². The van der Waals surface area contributed by atoms with E-state index < -0.39 is 20.7 Å². The molecule has 1 aromatic carbocycles. The molecule has 4 rings (SSSR count). The van der Waals surface area contributed by atoms with Crippen LogP contribution in [0, 0.1) is 5.82 Å². The zero-order chi connectivity index (χ0) is 19.0. The molecule has 1 aliphatic carbocycles. The summed E-state index contributed by atoms with van der Waals surface area (Å²) in [5.41, 5.74) is 0.220. The van der Waals surface area contributed by atoms with Gasteiger partial charge in [0.2, 0.25) is 10.0 Å². The van der Waals surface area contributed by atoms with Gasteiger partial charge < -0.3 is 4.90 Å². The molecule has 2 heterocycles. The molecule has 2 fully saturated rings. The van der Waals surface area contributed by atoms with Gasteiger partial charge in [-0.2, -0.15) is 4.31 Å². The Kier molecular flexibility index (Phi) is 5.05. The first kappa shape index (κ1) is 18.6. The third kappa shape index (κ3) is 3.79. The Hall–Kier alpha value is -1.77. The first-order chi connectivity index (χ1) is 13.0. The Morgan fingerprint density at radius 2 is 1.96 bits per heavy atom. The summed E-state index contributed by atoms with van der Waals surface area (Å²) in [6.45, 7) is 1.28. The maximum absolute atomic E-state index is 14.3. The van der Waals surface area contributed by atoms with Crippen molar-refractivity contribution in [3.05, 3.63) is 52.0 Å². The van der Waals surface area contributed by atoms with Gasteiger partial charge >= 0.3 is 0 Å². The van der Waals surface area contributed by atoms with Gasteiger partial charge in [-0.15, -0.1) is 11.3 Å². The number of rotatable bonds is 6. The Bertz CT molecular complexity index is 934. The van der Waals surface area contributed by atoms with Crippen LogP contribution in [0.1, 0.15) is 40.9 Å². The van der Waals surface area contributed by atoms with E-state index in [4.69, 9.17) is 0 Å². The molecule has 0 atom stereocenters. The standard InChI is InChI=1S/C19H21FN2O3S2/c20-17-8-5-14(12-18(17)27(24,25)21-9-1-2-10-21)19(23)22(15-6-7-15)13-16-4-3-11-26-16/h3-5,8,11-12,15H,1-2,6-7,9-10,13H2. The average molecular weight is 409 g/mol. The largest absolute Gasteiger partial charge is 0.331 e. The van der Waals surface area contributed by atoms with Crippen molar-refractivity contribution in [1.82, 2.24) is 9.21 Å². The van der Waals surface area contributed by atoms with Gasteiger partial charge in [0.1, 0.15) is 10.7 Å². The van der Waals surface area contributed by atoms with Gasteiger partial charge in [-0.1, -0.05) is 6.07 Å². The van der Waals surface area contributed by atoms with Crippen LogP contribution in [0.15, 0.2) is 40.6 Å². The lowest BCUT2D eigenvalue weighted by Gasteiger charge is -2.23. The van der Waals surface area contributed by atoms with E-state index in [0.717, 1.165) is 36.6 Å². The third-order valence-electron chi connectivity index (χ3n) is 5.02. The molecule has 27 heavy (non-hydrogen) atoms. The van der Waals surface area contributed by atoms with Crippen molar-refractivity contribution in [1.29, 1.82) is 0 Å². The molecular weight excluding hydrogens is 387 g/mol. The fourth-order valence-corrected chi connectivity index (χ4v) is 5.70. The van der Waals surface area contributed by atoms with Gasteiger partial charge in [0, 0.05) is 29.6 Å². The molecule has 1 saturated carbocycles. The molecule has 1 amide bonds. The lowest BCUT2D eigenvalue weighted by atomic mass is 10.2. The molecule has 8 heteroatoms. The van der Waals surface area contributed by atoms with Crippen LogP contribution in [-0.4, -0.2) is 42.7 Å². The minimum Gasteiger partial charge on any atom is -0.331 e. The molecule has 2 aliphatic rings. The van der Waals surface area contributed by atoms with Gasteiger partial charge in [0.15, 0.2) is 0 Å². The van der Waals surface area contributed by atoms with E-state index in [1.165, 1.54) is 16.4 Å². The molecule has 0 radical (unpaired) electrons. The topological polar surface area (TPSA) is 57.7 Å². The number of amides is 1. The van der Waals surface area contributed by atoms with Crippen LogP contribution in [0.3, 0.4) is 0 Å². The van der Waals surface area contributed by atoms with Gasteiger partial charge in [-0.3, -0.25) is 4.79 Å². The van der Waals surface area contributed by atoms with E-state index in [2.05, 4.69) is 0 Å². The average Bonchev–Trinajstić information content (AvgIpc) is 3.13. The van der Waals surface area contributed by atoms with Gasteiger partial charge in [-0.05, 0) is 55.3 Å². The summed E-state index contributed by atoms with van der Waals surface area (Å²) in [7, 11) is -3.92. The SMILES string of the molecule is O=C(c1ccc(F)c(S(=O)(=O)N2CCCC2)c1)N(Cc1cccs1)C1CC1. The molecular formula is C19H21FN2O3S2. The summed E-state index contributed by atoms with van der Waals surface area (Å²) < 4.78 is 41.2. The Morgan fingerprint density at radius 1 is 1.22 bits per heavy atom. The molecule has 5 nitrogen and oxygen atoms in total. The molecule has 2 aromatic rings. The second-order valence-electron chi connectivity index (χ2n) is 7.00. The predicted molar refractivity (Wildman–Crippen MR) is 102 cm³/mol. The summed E-state index contributed by atoms with van der Waals surface area (Å²) in [6, 6.07) is 7.75. The number of carbonyl (C=O) groups is 1. The minimum atomic E-state index is -3.92. The molecule has 144 valence electrons. The highest BCUT2D eigenvalue weighted by Crippen LogP contribution is 2.31. The fourth-order valence-electron chi connectivity index (χ4n) is 3.39. The van der Waals surface area contributed by atoms with Crippen LogP contribution in [0.25, 0.3) is 0 Å². The number of sulfonamides is 1. The monoisotopic (exact) mass is 408 g/mol. The lowest BCUT2D eigenvalue weighted by molar-refractivity contribution is 0.0731. The normalized spacial score (nSPS) is 18.0. The molecule has 0 N–H and O–H groups in total. The number of benzene rings is 1. The smallest absolute Gasteiger partial charge is 0.254 e. The fraction of sp³-hybridized carbons (Fsp3) is 0.421. The first-order valence-corrected chi connectivity index (χ1v) is 11.4. The van der Waals surface area contributed by atoms with Crippen molar-refractivity contribution >= 4 is 27.3 Å². The van der Waals surface area contributed by atoms with Crippen LogP contribution >= 0.6 is 11.3 Å². The second kappa shape index (κ2) is 7.33. The van der Waals surface area contributed by atoms with E-state index in [-0.39, 0.29) is 17.5 Å². The van der Waals surface area contributed by atoms with Crippen molar-refractivity contribution in [2.24, 2.45) is 0 Å². The molecule has 0 spiro atoms. The second-order valence-corrected chi connectivity index (χ2v) is 9.94. The Balaban J connectivity index is 1.64. The van der Waals surface area contributed by atoms with Gasteiger partial charge in [0.25, 0.3) is 5.91 Å². The molecule has 1 aliphatic heterocycles. The highest BCUT2D eigenvalue weighted by molar-refractivity contribution is 7.89. The van der Waals surface area contributed by atoms with Crippen LogP contribution < -0.4 is 0 Å². The predicted octanol–water partition coefficient (Wildman–Crippen LogP) is 3.48. The van der Waals surface area contributed by atoms with Crippen molar-refractivity contribution < 1.29 is 17.6 Å². The summed E-state index contributed by atoms with van der Waals surface area (Å²) >= 11 is 1.58. The Morgan fingerprint density at radius 3 is 2.59 bits per heavy atom.